The number of nitro groups is 1. The number of amides is 1. The van der Waals surface area contributed by atoms with Crippen molar-refractivity contribution in [1.29, 1.82) is 5.26 Å². The molecule has 2 aromatic rings. The number of nitrogens with zero attached hydrogens (tertiary/aromatic N) is 3. The first-order valence-corrected chi connectivity index (χ1v) is 9.07. The van der Waals surface area contributed by atoms with Gasteiger partial charge in [0.05, 0.1) is 22.7 Å². The van der Waals surface area contributed by atoms with E-state index in [1.165, 1.54) is 12.1 Å². The van der Waals surface area contributed by atoms with E-state index in [0.29, 0.717) is 12.2 Å². The van der Waals surface area contributed by atoms with Crippen LogP contribution in [0.1, 0.15) is 18.4 Å². The summed E-state index contributed by atoms with van der Waals surface area (Å²) in [4.78, 5) is 24.6. The van der Waals surface area contributed by atoms with Crippen LogP contribution in [0.5, 0.6) is 0 Å². The van der Waals surface area contributed by atoms with E-state index >= 15 is 0 Å². The van der Waals surface area contributed by atoms with E-state index in [2.05, 4.69) is 15.5 Å². The van der Waals surface area contributed by atoms with Crippen molar-refractivity contribution < 1.29 is 9.72 Å². The van der Waals surface area contributed by atoms with Crippen LogP contribution in [0.2, 0.25) is 0 Å². The van der Waals surface area contributed by atoms with Gasteiger partial charge in [0.1, 0.15) is 6.07 Å². The average Bonchev–Trinajstić information content (AvgIpc) is 2.70. The smallest absolute Gasteiger partial charge is 0.270 e. The molecule has 8 heteroatoms. The SMILES string of the molecule is N#Cc1cc([N+](=O)[O-])ccc1NC1CCN(CC(=O)Nc2ccccc2)CC1. The van der Waals surface area contributed by atoms with Gasteiger partial charge in [0.15, 0.2) is 0 Å². The second-order valence-electron chi connectivity index (χ2n) is 6.71. The number of benzene rings is 2. The number of likely N-dealkylation sites (tertiary alicyclic amines) is 1. The maximum absolute atomic E-state index is 12.2. The summed E-state index contributed by atoms with van der Waals surface area (Å²) in [6.45, 7) is 1.85. The highest BCUT2D eigenvalue weighted by atomic mass is 16.6. The van der Waals surface area contributed by atoms with E-state index in [-0.39, 0.29) is 23.2 Å². The molecule has 0 bridgehead atoms. The van der Waals surface area contributed by atoms with Gasteiger partial charge in [-0.3, -0.25) is 19.8 Å². The van der Waals surface area contributed by atoms with E-state index in [1.807, 2.05) is 36.4 Å². The van der Waals surface area contributed by atoms with E-state index < -0.39 is 4.92 Å². The lowest BCUT2D eigenvalue weighted by Crippen LogP contribution is -2.42. The fraction of sp³-hybridized carbons (Fsp3) is 0.300. The van der Waals surface area contributed by atoms with Crippen LogP contribution in [0.15, 0.2) is 48.5 Å². The Bertz CT molecular complexity index is 886. The van der Waals surface area contributed by atoms with Gasteiger partial charge in [-0.1, -0.05) is 18.2 Å². The lowest BCUT2D eigenvalue weighted by Gasteiger charge is -2.32. The number of piperidine rings is 1. The van der Waals surface area contributed by atoms with Gasteiger partial charge in [-0.2, -0.15) is 5.26 Å². The maximum atomic E-state index is 12.2. The summed E-state index contributed by atoms with van der Waals surface area (Å²) < 4.78 is 0. The second-order valence-corrected chi connectivity index (χ2v) is 6.71. The summed E-state index contributed by atoms with van der Waals surface area (Å²) in [5.74, 6) is -0.0419. The van der Waals surface area contributed by atoms with Crippen molar-refractivity contribution in [2.45, 2.75) is 18.9 Å². The van der Waals surface area contributed by atoms with Crippen molar-refractivity contribution in [2.24, 2.45) is 0 Å². The van der Waals surface area contributed by atoms with E-state index in [4.69, 9.17) is 0 Å². The van der Waals surface area contributed by atoms with Gasteiger partial charge < -0.3 is 10.6 Å². The van der Waals surface area contributed by atoms with Crippen LogP contribution in [0.25, 0.3) is 0 Å². The molecule has 1 aliphatic rings. The molecule has 1 saturated heterocycles. The minimum absolute atomic E-state index is 0.0419. The molecule has 0 aromatic heterocycles. The van der Waals surface area contributed by atoms with Gasteiger partial charge in [0.25, 0.3) is 5.69 Å². The Morgan fingerprint density at radius 2 is 1.93 bits per heavy atom. The summed E-state index contributed by atoms with van der Waals surface area (Å²) in [5.41, 5.74) is 1.56. The Morgan fingerprint density at radius 1 is 1.21 bits per heavy atom. The van der Waals surface area contributed by atoms with Gasteiger partial charge in [-0.15, -0.1) is 0 Å². The van der Waals surface area contributed by atoms with Crippen LogP contribution in [-0.2, 0) is 4.79 Å². The number of nitrogens with one attached hydrogen (secondary N) is 2. The molecule has 2 N–H and O–H groups in total. The zero-order chi connectivity index (χ0) is 19.9. The average molecular weight is 379 g/mol. The van der Waals surface area contributed by atoms with E-state index in [9.17, 15) is 20.2 Å². The lowest BCUT2D eigenvalue weighted by atomic mass is 10.0. The van der Waals surface area contributed by atoms with Crippen LogP contribution >= 0.6 is 0 Å². The minimum Gasteiger partial charge on any atom is -0.381 e. The predicted molar refractivity (Wildman–Crippen MR) is 106 cm³/mol. The Labute approximate surface area is 162 Å². The summed E-state index contributed by atoms with van der Waals surface area (Å²) in [6.07, 6.45) is 1.64. The molecule has 144 valence electrons. The molecule has 2 aromatic carbocycles. The largest absolute Gasteiger partial charge is 0.381 e. The van der Waals surface area contributed by atoms with Gasteiger partial charge in [-0.25, -0.2) is 0 Å². The number of anilines is 2. The normalized spacial score (nSPS) is 14.8. The highest BCUT2D eigenvalue weighted by molar-refractivity contribution is 5.92. The fourth-order valence-electron chi connectivity index (χ4n) is 3.24. The predicted octanol–water partition coefficient (Wildman–Crippen LogP) is 2.98. The molecular weight excluding hydrogens is 358 g/mol. The topological polar surface area (TPSA) is 111 Å². The van der Waals surface area contributed by atoms with Crippen molar-refractivity contribution in [1.82, 2.24) is 4.90 Å². The molecule has 0 aliphatic carbocycles. The first-order valence-electron chi connectivity index (χ1n) is 9.07. The lowest BCUT2D eigenvalue weighted by molar-refractivity contribution is -0.384. The van der Waals surface area contributed by atoms with Gasteiger partial charge in [0.2, 0.25) is 5.91 Å². The number of carbonyl (C=O) groups excluding carboxylic acids is 1. The number of nitriles is 1. The quantitative estimate of drug-likeness (QED) is 0.589. The Kier molecular flexibility index (Phi) is 6.19. The highest BCUT2D eigenvalue weighted by Crippen LogP contribution is 2.24. The second kappa shape index (κ2) is 8.97. The van der Waals surface area contributed by atoms with Gasteiger partial charge in [0, 0.05) is 37.0 Å². The maximum Gasteiger partial charge on any atom is 0.270 e. The van der Waals surface area contributed by atoms with Crippen LogP contribution in [-0.4, -0.2) is 41.4 Å². The molecule has 0 spiro atoms. The third-order valence-corrected chi connectivity index (χ3v) is 4.71. The standard InChI is InChI=1S/C20H21N5O3/c21-13-15-12-18(25(27)28)6-7-19(15)22-17-8-10-24(11-9-17)14-20(26)23-16-4-2-1-3-5-16/h1-7,12,17,22H,8-11,14H2,(H,23,26). The Morgan fingerprint density at radius 3 is 2.57 bits per heavy atom. The third kappa shape index (κ3) is 5.05. The number of para-hydroxylation sites is 1. The Balaban J connectivity index is 1.50. The first kappa shape index (κ1) is 19.3. The molecule has 0 radical (unpaired) electrons. The van der Waals surface area contributed by atoms with Gasteiger partial charge in [-0.05, 0) is 31.0 Å². The molecule has 0 atom stereocenters. The molecule has 3 rings (SSSR count). The minimum atomic E-state index is -0.510. The molecule has 0 saturated carbocycles. The summed E-state index contributed by atoms with van der Waals surface area (Å²) in [7, 11) is 0. The fourth-order valence-corrected chi connectivity index (χ4v) is 3.24. The number of rotatable bonds is 6. The summed E-state index contributed by atoms with van der Waals surface area (Å²) in [6, 6.07) is 15.8. The zero-order valence-corrected chi connectivity index (χ0v) is 15.3. The van der Waals surface area contributed by atoms with Gasteiger partial charge >= 0.3 is 0 Å². The van der Waals surface area contributed by atoms with Crippen molar-refractivity contribution in [3.8, 4) is 6.07 Å². The molecule has 1 heterocycles. The van der Waals surface area contributed by atoms with Crippen LogP contribution in [0.3, 0.4) is 0 Å². The number of hydrogen-bond donors (Lipinski definition) is 2. The monoisotopic (exact) mass is 379 g/mol. The zero-order valence-electron chi connectivity index (χ0n) is 15.3. The molecule has 28 heavy (non-hydrogen) atoms. The van der Waals surface area contributed by atoms with Crippen molar-refractivity contribution in [2.75, 3.05) is 30.3 Å². The van der Waals surface area contributed by atoms with E-state index in [1.54, 1.807) is 6.07 Å². The summed E-state index contributed by atoms with van der Waals surface area (Å²) >= 11 is 0. The number of non-ortho nitro benzene ring substituents is 1. The summed E-state index contributed by atoms with van der Waals surface area (Å²) in [5, 5.41) is 26.3. The van der Waals surface area contributed by atoms with Crippen molar-refractivity contribution in [3.05, 3.63) is 64.2 Å². The molecule has 1 amide bonds. The first-order chi connectivity index (χ1) is 13.5. The number of hydrogen-bond acceptors (Lipinski definition) is 6. The van der Waals surface area contributed by atoms with Crippen molar-refractivity contribution in [3.63, 3.8) is 0 Å². The molecular formula is C20H21N5O3. The Hall–Kier alpha value is -3.44. The van der Waals surface area contributed by atoms with Crippen LogP contribution < -0.4 is 10.6 Å². The molecule has 1 fully saturated rings. The molecule has 0 unspecified atom stereocenters. The molecule has 1 aliphatic heterocycles. The third-order valence-electron chi connectivity index (χ3n) is 4.71. The van der Waals surface area contributed by atoms with Crippen LogP contribution in [0.4, 0.5) is 17.1 Å². The van der Waals surface area contributed by atoms with Crippen LogP contribution in [0, 0.1) is 21.4 Å². The number of nitro benzene ring substituents is 1. The highest BCUT2D eigenvalue weighted by Gasteiger charge is 2.22. The van der Waals surface area contributed by atoms with Crippen molar-refractivity contribution >= 4 is 23.0 Å². The number of carbonyl (C=O) groups is 1. The van der Waals surface area contributed by atoms with E-state index in [0.717, 1.165) is 31.6 Å². The molecule has 8 nitrogen and oxygen atoms in total.